The summed E-state index contributed by atoms with van der Waals surface area (Å²) in [6.45, 7) is 0.855. The Hall–Kier alpha value is -2.63. The molecule has 24 heavy (non-hydrogen) atoms. The first kappa shape index (κ1) is 17.7. The van der Waals surface area contributed by atoms with E-state index < -0.39 is 5.91 Å². The maximum atomic E-state index is 11.1. The number of aryl methyl sites for hydroxylation is 1. The number of amides is 1. The molecule has 2 aromatic carbocycles. The third-order valence-corrected chi connectivity index (χ3v) is 3.58. The van der Waals surface area contributed by atoms with Crippen LogP contribution in [0.1, 0.15) is 23.1 Å². The van der Waals surface area contributed by atoms with Crippen LogP contribution in [0.4, 0.5) is 5.69 Å². The molecule has 4 N–H and O–H groups in total. The summed E-state index contributed by atoms with van der Waals surface area (Å²) in [6, 6.07) is 15.9. The lowest BCUT2D eigenvalue weighted by molar-refractivity contribution is -0.124. The van der Waals surface area contributed by atoms with Crippen LogP contribution in [0.5, 0.6) is 0 Å². The molecule has 1 amide bonds. The van der Waals surface area contributed by atoms with Gasteiger partial charge < -0.3 is 10.4 Å². The van der Waals surface area contributed by atoms with Gasteiger partial charge in [-0.05, 0) is 41.7 Å². The first-order valence-electron chi connectivity index (χ1n) is 7.86. The molecule has 126 valence electrons. The molecule has 2 aromatic rings. The van der Waals surface area contributed by atoms with Crippen molar-refractivity contribution < 1.29 is 15.1 Å². The summed E-state index contributed by atoms with van der Waals surface area (Å²) >= 11 is 0. The number of aliphatic hydroxyl groups excluding tert-OH is 1. The van der Waals surface area contributed by atoms with Gasteiger partial charge in [-0.25, -0.2) is 5.48 Å². The third-order valence-electron chi connectivity index (χ3n) is 3.58. The van der Waals surface area contributed by atoms with E-state index in [1.54, 1.807) is 11.6 Å². The number of carbonyl (C=O) groups is 1. The van der Waals surface area contributed by atoms with Crippen molar-refractivity contribution in [2.45, 2.75) is 19.4 Å². The summed E-state index contributed by atoms with van der Waals surface area (Å²) in [5.74, 6) is -0.568. The fraction of sp³-hybridized carbons (Fsp3) is 0.211. The van der Waals surface area contributed by atoms with E-state index in [1.807, 2.05) is 36.4 Å². The van der Waals surface area contributed by atoms with Gasteiger partial charge in [0.1, 0.15) is 0 Å². The van der Waals surface area contributed by atoms with E-state index in [9.17, 15) is 4.79 Å². The van der Waals surface area contributed by atoms with Gasteiger partial charge in [0.25, 0.3) is 5.91 Å². The summed E-state index contributed by atoms with van der Waals surface area (Å²) < 4.78 is 0. The molecule has 0 atom stereocenters. The predicted octanol–water partition coefficient (Wildman–Crippen LogP) is 2.74. The van der Waals surface area contributed by atoms with Crippen molar-refractivity contribution in [1.82, 2.24) is 5.48 Å². The van der Waals surface area contributed by atoms with Crippen LogP contribution in [-0.2, 0) is 17.8 Å². The Labute approximate surface area is 141 Å². The second kappa shape index (κ2) is 9.50. The van der Waals surface area contributed by atoms with E-state index in [4.69, 9.17) is 10.3 Å². The van der Waals surface area contributed by atoms with E-state index in [0.717, 1.165) is 29.7 Å². The number of anilines is 1. The number of para-hydroxylation sites is 1. The van der Waals surface area contributed by atoms with Crippen molar-refractivity contribution in [1.29, 1.82) is 0 Å². The van der Waals surface area contributed by atoms with Crippen LogP contribution in [0.15, 0.2) is 54.6 Å². The highest BCUT2D eigenvalue weighted by molar-refractivity contribution is 5.91. The quantitative estimate of drug-likeness (QED) is 0.341. The van der Waals surface area contributed by atoms with Gasteiger partial charge in [-0.15, -0.1) is 0 Å². The molecular formula is C19H22N2O3. The SMILES string of the molecule is O=C(C=Cc1ccccc1NCc1cccc(CCCO)c1)NO. The number of rotatable bonds is 8. The standard InChI is InChI=1S/C19H22N2O3/c22-12-4-7-15-5-3-6-16(13-15)14-20-18-9-2-1-8-17(18)10-11-19(23)21-24/h1-3,5-6,8-11,13,20,22,24H,4,7,12,14H2,(H,21,23). The molecule has 0 unspecified atom stereocenters. The molecule has 0 aliphatic rings. The van der Waals surface area contributed by atoms with Crippen molar-refractivity contribution in [3.63, 3.8) is 0 Å². The molecule has 0 saturated heterocycles. The second-order valence-electron chi connectivity index (χ2n) is 5.40. The zero-order valence-electron chi connectivity index (χ0n) is 13.4. The number of nitrogens with one attached hydrogen (secondary N) is 2. The van der Waals surface area contributed by atoms with Crippen LogP contribution in [0.2, 0.25) is 0 Å². The smallest absolute Gasteiger partial charge is 0.267 e. The largest absolute Gasteiger partial charge is 0.396 e. The Bertz CT molecular complexity index is 699. The molecular weight excluding hydrogens is 304 g/mol. The van der Waals surface area contributed by atoms with Gasteiger partial charge in [0.05, 0.1) is 0 Å². The van der Waals surface area contributed by atoms with E-state index in [2.05, 4.69) is 17.4 Å². The van der Waals surface area contributed by atoms with Crippen molar-refractivity contribution >= 4 is 17.7 Å². The van der Waals surface area contributed by atoms with Gasteiger partial charge in [-0.3, -0.25) is 10.0 Å². The van der Waals surface area contributed by atoms with Crippen molar-refractivity contribution in [3.8, 4) is 0 Å². The Balaban J connectivity index is 2.04. The van der Waals surface area contributed by atoms with Crippen LogP contribution in [0.25, 0.3) is 6.08 Å². The minimum absolute atomic E-state index is 0.198. The summed E-state index contributed by atoms with van der Waals surface area (Å²) in [6.07, 6.45) is 4.54. The van der Waals surface area contributed by atoms with Gasteiger partial charge in [0.15, 0.2) is 0 Å². The molecule has 0 aliphatic carbocycles. The fourth-order valence-corrected chi connectivity index (χ4v) is 2.38. The van der Waals surface area contributed by atoms with Crippen LogP contribution in [0, 0.1) is 0 Å². The number of benzene rings is 2. The van der Waals surface area contributed by atoms with E-state index in [0.29, 0.717) is 6.54 Å². The van der Waals surface area contributed by atoms with Crippen LogP contribution < -0.4 is 10.8 Å². The second-order valence-corrected chi connectivity index (χ2v) is 5.40. The third kappa shape index (κ3) is 5.53. The lowest BCUT2D eigenvalue weighted by Crippen LogP contribution is -2.14. The summed E-state index contributed by atoms with van der Waals surface area (Å²) in [5, 5.41) is 20.8. The summed E-state index contributed by atoms with van der Waals surface area (Å²) in [7, 11) is 0. The zero-order chi connectivity index (χ0) is 17.2. The average molecular weight is 326 g/mol. The molecule has 0 fully saturated rings. The van der Waals surface area contributed by atoms with Gasteiger partial charge in [0.2, 0.25) is 0 Å². The van der Waals surface area contributed by atoms with Crippen molar-refractivity contribution in [3.05, 3.63) is 71.3 Å². The Kier molecular flexibility index (Phi) is 7.01. The minimum atomic E-state index is -0.568. The highest BCUT2D eigenvalue weighted by atomic mass is 16.5. The maximum absolute atomic E-state index is 11.1. The van der Waals surface area contributed by atoms with Gasteiger partial charge in [-0.1, -0.05) is 42.5 Å². The molecule has 0 spiro atoms. The summed E-state index contributed by atoms with van der Waals surface area (Å²) in [5.41, 5.74) is 5.69. The first-order valence-corrected chi connectivity index (χ1v) is 7.86. The fourth-order valence-electron chi connectivity index (χ4n) is 2.38. The van der Waals surface area contributed by atoms with Gasteiger partial charge in [-0.2, -0.15) is 0 Å². The lowest BCUT2D eigenvalue weighted by Gasteiger charge is -2.11. The topological polar surface area (TPSA) is 81.6 Å². The molecule has 0 bridgehead atoms. The van der Waals surface area contributed by atoms with Crippen LogP contribution in [0.3, 0.4) is 0 Å². The van der Waals surface area contributed by atoms with E-state index >= 15 is 0 Å². The molecule has 0 aromatic heterocycles. The molecule has 5 nitrogen and oxygen atoms in total. The monoisotopic (exact) mass is 326 g/mol. The molecule has 2 rings (SSSR count). The highest BCUT2D eigenvalue weighted by Crippen LogP contribution is 2.18. The van der Waals surface area contributed by atoms with Crippen molar-refractivity contribution in [2.24, 2.45) is 0 Å². The number of aliphatic hydroxyl groups is 1. The average Bonchev–Trinajstić information content (AvgIpc) is 2.63. The Morgan fingerprint density at radius 3 is 2.67 bits per heavy atom. The number of hydroxylamine groups is 1. The number of hydrogen-bond donors (Lipinski definition) is 4. The zero-order valence-corrected chi connectivity index (χ0v) is 13.4. The molecule has 0 aliphatic heterocycles. The van der Waals surface area contributed by atoms with E-state index in [1.165, 1.54) is 11.6 Å². The van der Waals surface area contributed by atoms with Gasteiger partial charge in [0, 0.05) is 24.9 Å². The van der Waals surface area contributed by atoms with Crippen LogP contribution in [-0.4, -0.2) is 22.8 Å². The van der Waals surface area contributed by atoms with Gasteiger partial charge >= 0.3 is 0 Å². The number of carbonyl (C=O) groups excluding carboxylic acids is 1. The Morgan fingerprint density at radius 1 is 1.08 bits per heavy atom. The normalized spacial score (nSPS) is 10.8. The number of hydrogen-bond acceptors (Lipinski definition) is 4. The Morgan fingerprint density at radius 2 is 1.88 bits per heavy atom. The lowest BCUT2D eigenvalue weighted by atomic mass is 10.1. The maximum Gasteiger partial charge on any atom is 0.267 e. The van der Waals surface area contributed by atoms with E-state index in [-0.39, 0.29) is 6.61 Å². The molecule has 5 heteroatoms. The van der Waals surface area contributed by atoms with Crippen molar-refractivity contribution in [2.75, 3.05) is 11.9 Å². The summed E-state index contributed by atoms with van der Waals surface area (Å²) in [4.78, 5) is 11.1. The highest BCUT2D eigenvalue weighted by Gasteiger charge is 2.01. The molecule has 0 saturated carbocycles. The molecule has 0 heterocycles. The van der Waals surface area contributed by atoms with Crippen LogP contribution >= 0.6 is 0 Å². The predicted molar refractivity (Wildman–Crippen MR) is 94.6 cm³/mol. The molecule has 0 radical (unpaired) electrons. The minimum Gasteiger partial charge on any atom is -0.396 e. The first-order chi connectivity index (χ1) is 11.7.